The Kier molecular flexibility index (Phi) is 7.10. The third kappa shape index (κ3) is 5.88. The van der Waals surface area contributed by atoms with Crippen LogP contribution in [-0.4, -0.2) is 38.9 Å². The molecule has 1 aromatic heterocycles. The number of nitrogens with zero attached hydrogens (tertiary/aromatic N) is 2. The van der Waals surface area contributed by atoms with Crippen LogP contribution in [0.1, 0.15) is 23.8 Å². The average molecular weight is 396 g/mol. The molecule has 0 saturated heterocycles. The Labute approximate surface area is 147 Å². The lowest BCUT2D eigenvalue weighted by molar-refractivity contribution is 0.0109. The van der Waals surface area contributed by atoms with E-state index < -0.39 is 18.3 Å². The average Bonchev–Trinajstić information content (AvgIpc) is 2.61. The molecule has 1 heterocycles. The molecule has 1 amide bonds. The van der Waals surface area contributed by atoms with Crippen molar-refractivity contribution < 1.29 is 19.7 Å². The van der Waals surface area contributed by atoms with Crippen LogP contribution >= 0.6 is 15.9 Å². The van der Waals surface area contributed by atoms with Crippen molar-refractivity contribution in [2.24, 2.45) is 0 Å². The number of carbonyl (C=O) groups is 1. The van der Waals surface area contributed by atoms with E-state index in [2.05, 4.69) is 31.2 Å². The maximum absolute atomic E-state index is 11.6. The summed E-state index contributed by atoms with van der Waals surface area (Å²) in [5.74, 6) is 0. The molecule has 0 bridgehead atoms. The second-order valence-electron chi connectivity index (χ2n) is 5.05. The molecule has 2 rings (SSSR count). The smallest absolute Gasteiger partial charge is 0.407 e. The van der Waals surface area contributed by atoms with Gasteiger partial charge in [0.2, 0.25) is 0 Å². The van der Waals surface area contributed by atoms with E-state index in [1.165, 1.54) is 12.4 Å². The Morgan fingerprint density at radius 3 is 2.62 bits per heavy atom. The number of nitrogens with one attached hydrogen (secondary N) is 1. The van der Waals surface area contributed by atoms with E-state index in [0.29, 0.717) is 4.60 Å². The molecule has 2 aromatic rings. The summed E-state index contributed by atoms with van der Waals surface area (Å²) in [5.41, 5.74) is 1.15. The van der Waals surface area contributed by atoms with Gasteiger partial charge in [-0.15, -0.1) is 0 Å². The van der Waals surface area contributed by atoms with Crippen LogP contribution in [0.2, 0.25) is 0 Å². The first kappa shape index (κ1) is 18.3. The van der Waals surface area contributed by atoms with Crippen molar-refractivity contribution in [2.75, 3.05) is 6.54 Å². The van der Waals surface area contributed by atoms with E-state index in [1.807, 2.05) is 30.3 Å². The summed E-state index contributed by atoms with van der Waals surface area (Å²) in [5, 5.41) is 22.4. The zero-order chi connectivity index (χ0) is 17.4. The molecule has 2 atom stereocenters. The first-order valence-corrected chi connectivity index (χ1v) is 8.13. The highest BCUT2D eigenvalue weighted by atomic mass is 79.9. The van der Waals surface area contributed by atoms with Gasteiger partial charge in [0.25, 0.3) is 0 Å². The molecule has 0 radical (unpaired) electrons. The van der Waals surface area contributed by atoms with Gasteiger partial charge in [-0.1, -0.05) is 30.3 Å². The highest BCUT2D eigenvalue weighted by Crippen LogP contribution is 2.16. The number of benzene rings is 1. The summed E-state index contributed by atoms with van der Waals surface area (Å²) in [6.07, 6.45) is 0.134. The highest BCUT2D eigenvalue weighted by molar-refractivity contribution is 9.10. The summed E-state index contributed by atoms with van der Waals surface area (Å²) in [4.78, 5) is 19.5. The van der Waals surface area contributed by atoms with E-state index in [0.717, 1.165) is 5.56 Å². The molecule has 8 heteroatoms. The molecule has 7 nitrogen and oxygen atoms in total. The summed E-state index contributed by atoms with van der Waals surface area (Å²) < 4.78 is 5.58. The van der Waals surface area contributed by atoms with Gasteiger partial charge in [0.05, 0.1) is 24.2 Å². The maximum Gasteiger partial charge on any atom is 0.407 e. The molecule has 2 unspecified atom stereocenters. The summed E-state index contributed by atoms with van der Waals surface area (Å²) in [6.45, 7) is 0.335. The van der Waals surface area contributed by atoms with Crippen LogP contribution in [-0.2, 0) is 11.3 Å². The van der Waals surface area contributed by atoms with Crippen LogP contribution in [0, 0.1) is 0 Å². The van der Waals surface area contributed by atoms with Gasteiger partial charge in [-0.2, -0.15) is 0 Å². The first-order chi connectivity index (χ1) is 11.6. The minimum absolute atomic E-state index is 0.152. The molecule has 0 fully saturated rings. The van der Waals surface area contributed by atoms with Gasteiger partial charge in [-0.25, -0.2) is 9.78 Å². The van der Waals surface area contributed by atoms with Gasteiger partial charge in [-0.3, -0.25) is 4.98 Å². The predicted octanol–water partition coefficient (Wildman–Crippen LogP) is 1.95. The monoisotopic (exact) mass is 395 g/mol. The number of ether oxygens (including phenoxy) is 1. The number of hydrogen-bond donors (Lipinski definition) is 3. The van der Waals surface area contributed by atoms with E-state index in [-0.39, 0.29) is 25.3 Å². The third-order valence-electron chi connectivity index (χ3n) is 3.23. The van der Waals surface area contributed by atoms with Crippen molar-refractivity contribution in [3.05, 3.63) is 58.6 Å². The number of hydrogen-bond acceptors (Lipinski definition) is 6. The molecule has 1 aromatic carbocycles. The van der Waals surface area contributed by atoms with Crippen molar-refractivity contribution in [3.8, 4) is 0 Å². The summed E-state index contributed by atoms with van der Waals surface area (Å²) >= 11 is 3.14. The number of rotatable bonds is 7. The fourth-order valence-corrected chi connectivity index (χ4v) is 2.13. The fourth-order valence-electron chi connectivity index (χ4n) is 1.93. The summed E-state index contributed by atoms with van der Waals surface area (Å²) in [7, 11) is 0. The lowest BCUT2D eigenvalue weighted by Crippen LogP contribution is -2.30. The zero-order valence-corrected chi connectivity index (χ0v) is 14.4. The number of aliphatic hydroxyl groups excluding tert-OH is 2. The molecule has 128 valence electrons. The molecule has 0 aliphatic rings. The number of amides is 1. The van der Waals surface area contributed by atoms with Crippen LogP contribution in [0.5, 0.6) is 0 Å². The van der Waals surface area contributed by atoms with E-state index >= 15 is 0 Å². The van der Waals surface area contributed by atoms with Crippen molar-refractivity contribution in [2.45, 2.75) is 25.2 Å². The number of aliphatic hydroxyl groups is 2. The van der Waals surface area contributed by atoms with E-state index in [4.69, 9.17) is 4.74 Å². The minimum Gasteiger partial charge on any atom is -0.445 e. The predicted molar refractivity (Wildman–Crippen MR) is 89.9 cm³/mol. The molecule has 3 N–H and O–H groups in total. The van der Waals surface area contributed by atoms with Crippen molar-refractivity contribution in [1.29, 1.82) is 0 Å². The lowest BCUT2D eigenvalue weighted by atomic mass is 10.1. The second-order valence-corrected chi connectivity index (χ2v) is 5.87. The fraction of sp³-hybridized carbons (Fsp3) is 0.312. The van der Waals surface area contributed by atoms with Crippen LogP contribution in [0.3, 0.4) is 0 Å². The molecule has 0 aliphatic heterocycles. The van der Waals surface area contributed by atoms with Crippen LogP contribution in [0.4, 0.5) is 4.79 Å². The zero-order valence-electron chi connectivity index (χ0n) is 12.8. The van der Waals surface area contributed by atoms with Gasteiger partial charge in [0.1, 0.15) is 17.3 Å². The Hall–Kier alpha value is -2.03. The second kappa shape index (κ2) is 9.31. The van der Waals surface area contributed by atoms with Gasteiger partial charge in [0.15, 0.2) is 0 Å². The number of halogens is 1. The Balaban J connectivity index is 1.68. The number of carbonyl (C=O) groups excluding carboxylic acids is 1. The van der Waals surface area contributed by atoms with Crippen molar-refractivity contribution in [3.63, 3.8) is 0 Å². The number of aromatic nitrogens is 2. The molecule has 0 aliphatic carbocycles. The van der Waals surface area contributed by atoms with Gasteiger partial charge in [-0.05, 0) is 27.9 Å². The molecular weight excluding hydrogens is 378 g/mol. The molecule has 0 spiro atoms. The molecule has 0 saturated carbocycles. The number of alkyl carbamates (subject to hydrolysis) is 1. The van der Waals surface area contributed by atoms with Crippen LogP contribution < -0.4 is 5.32 Å². The third-order valence-corrected chi connectivity index (χ3v) is 3.64. The SMILES string of the molecule is O=C(NCCC(O)C(O)c1cnc(Br)cn1)OCc1ccccc1. The lowest BCUT2D eigenvalue weighted by Gasteiger charge is -2.17. The Morgan fingerprint density at radius 1 is 1.21 bits per heavy atom. The summed E-state index contributed by atoms with van der Waals surface area (Å²) in [6, 6.07) is 9.31. The quantitative estimate of drug-likeness (QED) is 0.661. The van der Waals surface area contributed by atoms with Crippen LogP contribution in [0.25, 0.3) is 0 Å². The van der Waals surface area contributed by atoms with E-state index in [1.54, 1.807) is 0 Å². The van der Waals surface area contributed by atoms with Gasteiger partial charge in [0, 0.05) is 6.54 Å². The molecule has 24 heavy (non-hydrogen) atoms. The normalized spacial score (nSPS) is 13.1. The van der Waals surface area contributed by atoms with Gasteiger partial charge < -0.3 is 20.3 Å². The Bertz CT molecular complexity index is 640. The largest absolute Gasteiger partial charge is 0.445 e. The first-order valence-electron chi connectivity index (χ1n) is 7.34. The highest BCUT2D eigenvalue weighted by Gasteiger charge is 2.20. The molecular formula is C16H18BrN3O4. The van der Waals surface area contributed by atoms with Crippen molar-refractivity contribution >= 4 is 22.0 Å². The maximum atomic E-state index is 11.6. The van der Waals surface area contributed by atoms with Crippen LogP contribution in [0.15, 0.2) is 47.3 Å². The Morgan fingerprint density at radius 2 is 1.96 bits per heavy atom. The standard InChI is InChI=1S/C16H18BrN3O4/c17-14-9-19-12(8-20-14)15(22)13(21)6-7-18-16(23)24-10-11-4-2-1-3-5-11/h1-5,8-9,13,15,21-22H,6-7,10H2,(H,18,23). The minimum atomic E-state index is -1.17. The van der Waals surface area contributed by atoms with E-state index in [9.17, 15) is 15.0 Å². The van der Waals surface area contributed by atoms with Crippen molar-refractivity contribution in [1.82, 2.24) is 15.3 Å². The topological polar surface area (TPSA) is 105 Å². The van der Waals surface area contributed by atoms with Gasteiger partial charge >= 0.3 is 6.09 Å².